The number of rotatable bonds is 8. The SMILES string of the molecule is CS(=O)(=O)Oc1cccc(NC(=O)Nc2ccccc2NC(=O)Nc2cccc(OS(C)(=O)=O)c2)c1. The number of amides is 4. The van der Waals surface area contributed by atoms with Crippen molar-refractivity contribution in [2.24, 2.45) is 0 Å². The van der Waals surface area contributed by atoms with E-state index in [0.29, 0.717) is 0 Å². The molecule has 0 spiro atoms. The van der Waals surface area contributed by atoms with Crippen LogP contribution in [0.5, 0.6) is 11.5 Å². The van der Waals surface area contributed by atoms with Gasteiger partial charge in [0.15, 0.2) is 0 Å². The second-order valence-corrected chi connectivity index (χ2v) is 10.5. The molecule has 12 nitrogen and oxygen atoms in total. The van der Waals surface area contributed by atoms with Crippen LogP contribution in [0, 0.1) is 0 Å². The minimum absolute atomic E-state index is 0.0278. The van der Waals surface area contributed by atoms with E-state index in [1.165, 1.54) is 48.5 Å². The van der Waals surface area contributed by atoms with Crippen molar-refractivity contribution in [3.63, 3.8) is 0 Å². The summed E-state index contributed by atoms with van der Waals surface area (Å²) in [6.07, 6.45) is 1.81. The summed E-state index contributed by atoms with van der Waals surface area (Å²) in [6.45, 7) is 0. The molecule has 0 aliphatic carbocycles. The fourth-order valence-electron chi connectivity index (χ4n) is 2.87. The third kappa shape index (κ3) is 8.81. The van der Waals surface area contributed by atoms with Crippen molar-refractivity contribution in [1.82, 2.24) is 0 Å². The average Bonchev–Trinajstić information content (AvgIpc) is 2.73. The van der Waals surface area contributed by atoms with Gasteiger partial charge in [-0.2, -0.15) is 16.8 Å². The molecule has 0 saturated heterocycles. The Kier molecular flexibility index (Phi) is 8.01. The van der Waals surface area contributed by atoms with Gasteiger partial charge in [-0.1, -0.05) is 24.3 Å². The molecule has 3 aromatic carbocycles. The highest BCUT2D eigenvalue weighted by Crippen LogP contribution is 2.24. The molecular formula is C22H22N4O8S2. The van der Waals surface area contributed by atoms with Gasteiger partial charge in [0.05, 0.1) is 23.9 Å². The maximum atomic E-state index is 12.5. The summed E-state index contributed by atoms with van der Waals surface area (Å²) in [7, 11) is -7.46. The summed E-state index contributed by atoms with van der Waals surface area (Å²) in [5, 5.41) is 10.3. The third-order valence-electron chi connectivity index (χ3n) is 4.10. The summed E-state index contributed by atoms with van der Waals surface area (Å²) in [5.41, 5.74) is 1.08. The molecule has 4 N–H and O–H groups in total. The van der Waals surface area contributed by atoms with E-state index < -0.39 is 32.3 Å². The normalized spacial score (nSPS) is 11.2. The van der Waals surface area contributed by atoms with Crippen LogP contribution in [0.3, 0.4) is 0 Å². The molecular weight excluding hydrogens is 512 g/mol. The molecule has 36 heavy (non-hydrogen) atoms. The van der Waals surface area contributed by atoms with Crippen LogP contribution in [-0.4, -0.2) is 41.4 Å². The molecule has 190 valence electrons. The first-order chi connectivity index (χ1) is 16.9. The van der Waals surface area contributed by atoms with Crippen LogP contribution in [-0.2, 0) is 20.2 Å². The highest BCUT2D eigenvalue weighted by molar-refractivity contribution is 7.86. The van der Waals surface area contributed by atoms with Crippen LogP contribution in [0.15, 0.2) is 72.8 Å². The maximum Gasteiger partial charge on any atom is 0.323 e. The summed E-state index contributed by atoms with van der Waals surface area (Å²) >= 11 is 0. The molecule has 3 aromatic rings. The number of urea groups is 2. The van der Waals surface area contributed by atoms with E-state index in [0.717, 1.165) is 12.5 Å². The van der Waals surface area contributed by atoms with Gasteiger partial charge in [0.1, 0.15) is 11.5 Å². The van der Waals surface area contributed by atoms with Gasteiger partial charge < -0.3 is 29.6 Å². The molecule has 3 rings (SSSR count). The van der Waals surface area contributed by atoms with Gasteiger partial charge in [-0.15, -0.1) is 0 Å². The van der Waals surface area contributed by atoms with Gasteiger partial charge in [0.25, 0.3) is 0 Å². The third-order valence-corrected chi connectivity index (χ3v) is 5.09. The lowest BCUT2D eigenvalue weighted by Crippen LogP contribution is -2.23. The Bertz CT molecular complexity index is 1380. The first-order valence-electron chi connectivity index (χ1n) is 10.1. The van der Waals surface area contributed by atoms with Gasteiger partial charge in [-0.25, -0.2) is 9.59 Å². The van der Waals surface area contributed by atoms with Crippen molar-refractivity contribution in [2.45, 2.75) is 0 Å². The number of benzene rings is 3. The Balaban J connectivity index is 1.65. The second-order valence-electron chi connectivity index (χ2n) is 7.33. The van der Waals surface area contributed by atoms with Crippen LogP contribution < -0.4 is 29.6 Å². The van der Waals surface area contributed by atoms with E-state index in [2.05, 4.69) is 21.3 Å². The first kappa shape index (κ1) is 26.3. The summed E-state index contributed by atoms with van der Waals surface area (Å²) in [5.74, 6) is 0.0556. The molecule has 0 bridgehead atoms. The standard InChI is InChI=1S/C22H22N4O8S2/c1-35(29,30)33-17-9-5-7-15(13-17)23-21(27)25-19-11-3-4-12-20(19)26-22(28)24-16-8-6-10-18(14-16)34-36(2,31)32/h3-14H,1-2H3,(H2,23,25,27)(H2,24,26,28). The van der Waals surface area contributed by atoms with Crippen molar-refractivity contribution in [3.8, 4) is 11.5 Å². The van der Waals surface area contributed by atoms with Crippen molar-refractivity contribution in [3.05, 3.63) is 72.8 Å². The lowest BCUT2D eigenvalue weighted by molar-refractivity contribution is 0.261. The highest BCUT2D eigenvalue weighted by atomic mass is 32.2. The quantitative estimate of drug-likeness (QED) is 0.317. The minimum atomic E-state index is -3.73. The first-order valence-corrected chi connectivity index (χ1v) is 13.7. The molecule has 4 amide bonds. The molecule has 0 aromatic heterocycles. The topological polar surface area (TPSA) is 169 Å². The van der Waals surface area contributed by atoms with E-state index in [9.17, 15) is 26.4 Å². The molecule has 0 aliphatic rings. The Morgan fingerprint density at radius 3 is 1.33 bits per heavy atom. The van der Waals surface area contributed by atoms with Crippen molar-refractivity contribution < 1.29 is 34.8 Å². The van der Waals surface area contributed by atoms with Crippen LogP contribution in [0.25, 0.3) is 0 Å². The molecule has 0 unspecified atom stereocenters. The highest BCUT2D eigenvalue weighted by Gasteiger charge is 2.12. The fraction of sp³-hybridized carbons (Fsp3) is 0.0909. The molecule has 0 radical (unpaired) electrons. The van der Waals surface area contributed by atoms with Crippen LogP contribution in [0.2, 0.25) is 0 Å². The van der Waals surface area contributed by atoms with Crippen LogP contribution in [0.4, 0.5) is 32.3 Å². The van der Waals surface area contributed by atoms with E-state index in [-0.39, 0.29) is 34.2 Å². The Labute approximate surface area is 207 Å². The second kappa shape index (κ2) is 11.0. The Morgan fingerprint density at radius 1 is 0.583 bits per heavy atom. The smallest absolute Gasteiger partial charge is 0.323 e. The van der Waals surface area contributed by atoms with Gasteiger partial charge in [0.2, 0.25) is 0 Å². The van der Waals surface area contributed by atoms with Crippen LogP contribution >= 0.6 is 0 Å². The molecule has 0 fully saturated rings. The van der Waals surface area contributed by atoms with E-state index in [1.807, 2.05) is 0 Å². The molecule has 0 aliphatic heterocycles. The summed E-state index contributed by atoms with van der Waals surface area (Å²) < 4.78 is 54.8. The zero-order chi connectivity index (χ0) is 26.3. The zero-order valence-electron chi connectivity index (χ0n) is 19.0. The van der Waals surface area contributed by atoms with E-state index in [1.54, 1.807) is 24.3 Å². The monoisotopic (exact) mass is 534 g/mol. The molecule has 0 saturated carbocycles. The fourth-order valence-corrected chi connectivity index (χ4v) is 3.78. The number of nitrogens with one attached hydrogen (secondary N) is 4. The lowest BCUT2D eigenvalue weighted by atomic mass is 10.2. The predicted molar refractivity (Wildman–Crippen MR) is 136 cm³/mol. The van der Waals surface area contributed by atoms with Crippen molar-refractivity contribution in [2.75, 3.05) is 33.8 Å². The number of para-hydroxylation sites is 2. The van der Waals surface area contributed by atoms with Gasteiger partial charge in [-0.05, 0) is 36.4 Å². The van der Waals surface area contributed by atoms with Gasteiger partial charge >= 0.3 is 32.3 Å². The maximum absolute atomic E-state index is 12.5. The number of hydrogen-bond acceptors (Lipinski definition) is 8. The van der Waals surface area contributed by atoms with Crippen LogP contribution in [0.1, 0.15) is 0 Å². The largest absolute Gasteiger partial charge is 0.383 e. The molecule has 0 heterocycles. The number of hydrogen-bond donors (Lipinski definition) is 4. The van der Waals surface area contributed by atoms with Crippen molar-refractivity contribution >= 4 is 55.0 Å². The van der Waals surface area contributed by atoms with Gasteiger partial charge in [0, 0.05) is 23.5 Å². The van der Waals surface area contributed by atoms with Crippen molar-refractivity contribution in [1.29, 1.82) is 0 Å². The minimum Gasteiger partial charge on any atom is -0.383 e. The Hall–Kier alpha value is -4.30. The average molecular weight is 535 g/mol. The zero-order valence-corrected chi connectivity index (χ0v) is 20.6. The van der Waals surface area contributed by atoms with E-state index in [4.69, 9.17) is 8.37 Å². The summed E-state index contributed by atoms with van der Waals surface area (Å²) in [6, 6.07) is 16.7. The summed E-state index contributed by atoms with van der Waals surface area (Å²) in [4.78, 5) is 25.0. The number of anilines is 4. The molecule has 0 atom stereocenters. The van der Waals surface area contributed by atoms with Gasteiger partial charge in [-0.3, -0.25) is 0 Å². The van der Waals surface area contributed by atoms with E-state index >= 15 is 0 Å². The lowest BCUT2D eigenvalue weighted by Gasteiger charge is -2.14. The predicted octanol–water partition coefficient (Wildman–Crippen LogP) is 3.65. The number of carbonyl (C=O) groups is 2. The number of carbonyl (C=O) groups excluding carboxylic acids is 2. The molecule has 14 heteroatoms. The Morgan fingerprint density at radius 2 is 0.972 bits per heavy atom.